The molecule has 5 nitrogen and oxygen atoms in total. The van der Waals surface area contributed by atoms with E-state index in [9.17, 15) is 4.79 Å². The Morgan fingerprint density at radius 1 is 0.969 bits per heavy atom. The molecule has 3 aromatic carbocycles. The molecular weight excluding hydrogens is 400 g/mol. The van der Waals surface area contributed by atoms with Crippen LogP contribution in [0.25, 0.3) is 22.2 Å². The largest absolute Gasteiger partial charge is 0.497 e. The second-order valence-corrected chi connectivity index (χ2v) is 8.09. The quantitative estimate of drug-likeness (QED) is 0.429. The van der Waals surface area contributed by atoms with Gasteiger partial charge in [0.25, 0.3) is 0 Å². The number of hydrogen-bond donors (Lipinski definition) is 1. The van der Waals surface area contributed by atoms with Gasteiger partial charge in [-0.05, 0) is 36.2 Å². The van der Waals surface area contributed by atoms with Crippen molar-refractivity contribution in [2.24, 2.45) is 0 Å². The molecule has 1 amide bonds. The molecule has 1 unspecified atom stereocenters. The highest BCUT2D eigenvalue weighted by atomic mass is 16.5. The summed E-state index contributed by atoms with van der Waals surface area (Å²) in [5.74, 6) is 1.71. The first kappa shape index (κ1) is 20.2. The van der Waals surface area contributed by atoms with Gasteiger partial charge in [-0.15, -0.1) is 0 Å². The first-order valence-electron chi connectivity index (χ1n) is 10.9. The van der Waals surface area contributed by atoms with Gasteiger partial charge >= 0.3 is 0 Å². The van der Waals surface area contributed by atoms with Crippen LogP contribution < -0.4 is 9.47 Å². The van der Waals surface area contributed by atoms with Crippen LogP contribution in [0.15, 0.2) is 72.8 Å². The van der Waals surface area contributed by atoms with Crippen LogP contribution in [-0.4, -0.2) is 30.0 Å². The fraction of sp³-hybridized carbons (Fsp3) is 0.222. The SMILES string of the molecule is COc1ccc(OC)c(-c2[nH]c3ccccc3c2C2CCC(=O)N2Cc2ccccc2)c1. The molecule has 162 valence electrons. The Morgan fingerprint density at radius 3 is 2.53 bits per heavy atom. The summed E-state index contributed by atoms with van der Waals surface area (Å²) in [6, 6.07) is 24.2. The highest BCUT2D eigenvalue weighted by molar-refractivity contribution is 5.94. The van der Waals surface area contributed by atoms with Crippen LogP contribution in [0.1, 0.15) is 30.0 Å². The number of carbonyl (C=O) groups is 1. The lowest BCUT2D eigenvalue weighted by atomic mass is 9.96. The van der Waals surface area contributed by atoms with Crippen molar-refractivity contribution in [1.29, 1.82) is 0 Å². The molecule has 1 aliphatic heterocycles. The molecule has 1 fully saturated rings. The Hall–Kier alpha value is -3.73. The van der Waals surface area contributed by atoms with Crippen LogP contribution in [-0.2, 0) is 11.3 Å². The number of para-hydroxylation sites is 1. The maximum Gasteiger partial charge on any atom is 0.223 e. The number of aromatic nitrogens is 1. The van der Waals surface area contributed by atoms with Crippen LogP contribution in [0, 0.1) is 0 Å². The molecule has 5 rings (SSSR count). The zero-order valence-electron chi connectivity index (χ0n) is 18.3. The fourth-order valence-electron chi connectivity index (χ4n) is 4.74. The fourth-order valence-corrected chi connectivity index (χ4v) is 4.74. The summed E-state index contributed by atoms with van der Waals surface area (Å²) < 4.78 is 11.2. The molecule has 1 atom stereocenters. The Kier molecular flexibility index (Phi) is 5.31. The minimum Gasteiger partial charge on any atom is -0.497 e. The average molecular weight is 427 g/mol. The molecule has 0 spiro atoms. The number of rotatable bonds is 6. The van der Waals surface area contributed by atoms with Gasteiger partial charge in [0.15, 0.2) is 0 Å². The van der Waals surface area contributed by atoms with E-state index in [1.807, 2.05) is 53.4 Å². The van der Waals surface area contributed by atoms with Gasteiger partial charge in [-0.1, -0.05) is 48.5 Å². The smallest absolute Gasteiger partial charge is 0.223 e. The number of ether oxygens (including phenoxy) is 2. The van der Waals surface area contributed by atoms with Gasteiger partial charge in [0, 0.05) is 35.0 Å². The van der Waals surface area contributed by atoms with E-state index in [-0.39, 0.29) is 11.9 Å². The van der Waals surface area contributed by atoms with E-state index in [1.165, 1.54) is 0 Å². The third kappa shape index (κ3) is 3.50. The van der Waals surface area contributed by atoms with Gasteiger partial charge in [0.05, 0.1) is 26.0 Å². The minimum absolute atomic E-state index is 0.0234. The summed E-state index contributed by atoms with van der Waals surface area (Å²) in [6.07, 6.45) is 1.33. The number of aromatic amines is 1. The van der Waals surface area contributed by atoms with Crippen molar-refractivity contribution in [1.82, 2.24) is 9.88 Å². The number of fused-ring (bicyclic) bond motifs is 1. The van der Waals surface area contributed by atoms with Crippen molar-refractivity contribution in [2.75, 3.05) is 14.2 Å². The molecule has 2 heterocycles. The third-order valence-corrected chi connectivity index (χ3v) is 6.28. The second-order valence-electron chi connectivity index (χ2n) is 8.09. The lowest BCUT2D eigenvalue weighted by molar-refractivity contribution is -0.129. The van der Waals surface area contributed by atoms with E-state index >= 15 is 0 Å². The predicted molar refractivity (Wildman–Crippen MR) is 126 cm³/mol. The molecular formula is C27H26N2O3. The normalized spacial score (nSPS) is 16.0. The van der Waals surface area contributed by atoms with Crippen molar-refractivity contribution in [3.05, 3.63) is 83.9 Å². The number of H-pyrrole nitrogens is 1. The minimum atomic E-state index is -0.0234. The summed E-state index contributed by atoms with van der Waals surface area (Å²) in [5, 5.41) is 1.13. The molecule has 1 aromatic heterocycles. The van der Waals surface area contributed by atoms with Crippen LogP contribution in [0.4, 0.5) is 0 Å². The highest BCUT2D eigenvalue weighted by Gasteiger charge is 2.36. The standard InChI is InChI=1S/C27H26N2O3/c1-31-19-12-14-24(32-2)21(16-19)27-26(20-10-6-7-11-22(20)28-27)23-13-15-25(30)29(23)17-18-8-4-3-5-9-18/h3-12,14,16,23,28H,13,15,17H2,1-2H3. The lowest BCUT2D eigenvalue weighted by Gasteiger charge is -2.26. The number of likely N-dealkylation sites (tertiary alicyclic amines) is 1. The van der Waals surface area contributed by atoms with Gasteiger partial charge in [0.2, 0.25) is 5.91 Å². The Bertz CT molecular complexity index is 1260. The highest BCUT2D eigenvalue weighted by Crippen LogP contribution is 2.45. The summed E-state index contributed by atoms with van der Waals surface area (Å²) in [7, 11) is 3.34. The number of amides is 1. The molecule has 0 saturated carbocycles. The van der Waals surface area contributed by atoms with Crippen molar-refractivity contribution < 1.29 is 14.3 Å². The van der Waals surface area contributed by atoms with Gasteiger partial charge in [-0.25, -0.2) is 0 Å². The van der Waals surface area contributed by atoms with Gasteiger partial charge in [0.1, 0.15) is 11.5 Å². The second kappa shape index (κ2) is 8.42. The number of methoxy groups -OCH3 is 2. The Labute approximate surface area is 187 Å². The Morgan fingerprint density at radius 2 is 1.75 bits per heavy atom. The monoisotopic (exact) mass is 426 g/mol. The van der Waals surface area contributed by atoms with Crippen molar-refractivity contribution in [2.45, 2.75) is 25.4 Å². The number of nitrogens with one attached hydrogen (secondary N) is 1. The van der Waals surface area contributed by atoms with Crippen molar-refractivity contribution >= 4 is 16.8 Å². The van der Waals surface area contributed by atoms with Crippen LogP contribution in [0.2, 0.25) is 0 Å². The maximum absolute atomic E-state index is 13.0. The first-order chi connectivity index (χ1) is 15.7. The van der Waals surface area contributed by atoms with Gasteiger partial charge < -0.3 is 19.4 Å². The lowest BCUT2D eigenvalue weighted by Crippen LogP contribution is -2.27. The van der Waals surface area contributed by atoms with E-state index in [4.69, 9.17) is 9.47 Å². The molecule has 4 aromatic rings. The summed E-state index contributed by atoms with van der Waals surface area (Å²) in [5.41, 5.74) is 5.21. The summed E-state index contributed by atoms with van der Waals surface area (Å²) >= 11 is 0. The summed E-state index contributed by atoms with van der Waals surface area (Å²) in [4.78, 5) is 18.6. The van der Waals surface area contributed by atoms with E-state index < -0.39 is 0 Å². The Balaban J connectivity index is 1.68. The van der Waals surface area contributed by atoms with Crippen molar-refractivity contribution in [3.8, 4) is 22.8 Å². The van der Waals surface area contributed by atoms with E-state index in [0.717, 1.165) is 51.2 Å². The van der Waals surface area contributed by atoms with Crippen LogP contribution in [0.5, 0.6) is 11.5 Å². The molecule has 1 aliphatic rings. The number of hydrogen-bond acceptors (Lipinski definition) is 3. The molecule has 1 saturated heterocycles. The van der Waals surface area contributed by atoms with E-state index in [2.05, 4.69) is 29.2 Å². The topological polar surface area (TPSA) is 54.6 Å². The molecule has 0 aliphatic carbocycles. The van der Waals surface area contributed by atoms with Crippen LogP contribution >= 0.6 is 0 Å². The zero-order chi connectivity index (χ0) is 22.1. The summed E-state index contributed by atoms with van der Waals surface area (Å²) in [6.45, 7) is 0.596. The van der Waals surface area contributed by atoms with Crippen LogP contribution in [0.3, 0.4) is 0 Å². The maximum atomic E-state index is 13.0. The zero-order valence-corrected chi connectivity index (χ0v) is 18.3. The number of carbonyl (C=O) groups excluding carboxylic acids is 1. The molecule has 32 heavy (non-hydrogen) atoms. The first-order valence-corrected chi connectivity index (χ1v) is 10.9. The third-order valence-electron chi connectivity index (χ3n) is 6.28. The predicted octanol–water partition coefficient (Wildman–Crippen LogP) is 5.72. The van der Waals surface area contributed by atoms with Crippen molar-refractivity contribution in [3.63, 3.8) is 0 Å². The molecule has 5 heteroatoms. The molecule has 0 bridgehead atoms. The van der Waals surface area contributed by atoms with Gasteiger partial charge in [-0.2, -0.15) is 0 Å². The van der Waals surface area contributed by atoms with E-state index in [0.29, 0.717) is 13.0 Å². The van der Waals surface area contributed by atoms with E-state index in [1.54, 1.807) is 14.2 Å². The molecule has 0 radical (unpaired) electrons. The average Bonchev–Trinajstić information content (AvgIpc) is 3.39. The molecule has 1 N–H and O–H groups in total. The number of benzene rings is 3. The number of nitrogens with zero attached hydrogens (tertiary/aromatic N) is 1. The van der Waals surface area contributed by atoms with Gasteiger partial charge in [-0.3, -0.25) is 4.79 Å².